The summed E-state index contributed by atoms with van der Waals surface area (Å²) in [5.41, 5.74) is 3.36. The summed E-state index contributed by atoms with van der Waals surface area (Å²) in [6.07, 6.45) is 10.2. The summed E-state index contributed by atoms with van der Waals surface area (Å²) in [5.74, 6) is 0.379. The molecule has 2 aromatic rings. The summed E-state index contributed by atoms with van der Waals surface area (Å²) < 4.78 is 1.75. The van der Waals surface area contributed by atoms with Crippen LogP contribution in [0.2, 0.25) is 0 Å². The van der Waals surface area contributed by atoms with E-state index in [1.165, 1.54) is 76.2 Å². The predicted molar refractivity (Wildman–Crippen MR) is 124 cm³/mol. The third kappa shape index (κ3) is 5.12. The molecule has 0 atom stereocenters. The summed E-state index contributed by atoms with van der Waals surface area (Å²) in [5, 5.41) is 16.1. The Bertz CT molecular complexity index is 866. The zero-order valence-corrected chi connectivity index (χ0v) is 19.6. The minimum absolute atomic E-state index is 0.0583. The van der Waals surface area contributed by atoms with Crippen molar-refractivity contribution in [3.8, 4) is 5.69 Å². The molecule has 1 aliphatic heterocycles. The Hall–Kier alpha value is -1.93. The van der Waals surface area contributed by atoms with Crippen LogP contribution in [0, 0.1) is 13.8 Å². The summed E-state index contributed by atoms with van der Waals surface area (Å²) in [7, 11) is 0. The molecule has 1 saturated carbocycles. The third-order valence-corrected chi connectivity index (χ3v) is 7.77. The molecule has 1 N–H and O–H groups in total. The molecule has 4 rings (SSSR count). The van der Waals surface area contributed by atoms with Gasteiger partial charge in [-0.05, 0) is 74.2 Å². The number of para-hydroxylation sites is 1. The number of piperidine rings is 1. The average molecular weight is 443 g/mol. The van der Waals surface area contributed by atoms with E-state index >= 15 is 0 Å². The molecule has 0 unspecified atom stereocenters. The molecule has 1 aliphatic carbocycles. The summed E-state index contributed by atoms with van der Waals surface area (Å²) in [6.45, 7) is 7.21. The molecule has 1 aromatic carbocycles. The first-order valence-corrected chi connectivity index (χ1v) is 12.6. The first-order chi connectivity index (χ1) is 15.1. The number of benzene rings is 1. The van der Waals surface area contributed by atoms with Gasteiger partial charge in [-0.1, -0.05) is 55.6 Å². The van der Waals surface area contributed by atoms with Crippen molar-refractivity contribution in [2.75, 3.05) is 25.4 Å². The molecular formula is C23H34N6OS. The first-order valence-electron chi connectivity index (χ1n) is 11.6. The zero-order chi connectivity index (χ0) is 21.7. The van der Waals surface area contributed by atoms with Gasteiger partial charge >= 0.3 is 0 Å². The fourth-order valence-electron chi connectivity index (χ4n) is 5.18. The van der Waals surface area contributed by atoms with E-state index in [4.69, 9.17) is 0 Å². The zero-order valence-electron chi connectivity index (χ0n) is 18.8. The lowest BCUT2D eigenvalue weighted by Crippen LogP contribution is -2.58. The van der Waals surface area contributed by atoms with Gasteiger partial charge in [0, 0.05) is 12.1 Å². The van der Waals surface area contributed by atoms with Crippen LogP contribution in [0.25, 0.3) is 5.69 Å². The van der Waals surface area contributed by atoms with Crippen LogP contribution in [0.5, 0.6) is 0 Å². The van der Waals surface area contributed by atoms with Crippen LogP contribution in [-0.2, 0) is 4.79 Å². The Labute approximate surface area is 189 Å². The maximum absolute atomic E-state index is 12.8. The van der Waals surface area contributed by atoms with Crippen molar-refractivity contribution in [3.05, 3.63) is 29.3 Å². The van der Waals surface area contributed by atoms with Gasteiger partial charge in [-0.25, -0.2) is 0 Å². The van der Waals surface area contributed by atoms with Gasteiger partial charge < -0.3 is 5.32 Å². The molecule has 1 amide bonds. The van der Waals surface area contributed by atoms with Gasteiger partial charge in [0.2, 0.25) is 11.1 Å². The van der Waals surface area contributed by atoms with Gasteiger partial charge in [-0.2, -0.15) is 4.68 Å². The number of aromatic nitrogens is 4. The standard InChI is InChI=1S/C23H34N6OS/c1-18-10-9-11-19(2)21(18)29-22(25-26-27-29)31-16-20(30)24-17-23(12-5-3-6-13-23)28-14-7-4-8-15-28/h9-11H,3-8,12-17H2,1-2H3,(H,24,30). The number of thioether (sulfide) groups is 1. The van der Waals surface area contributed by atoms with E-state index in [1.807, 2.05) is 6.07 Å². The number of hydrogen-bond donors (Lipinski definition) is 1. The highest BCUT2D eigenvalue weighted by Gasteiger charge is 2.38. The Morgan fingerprint density at radius 2 is 1.74 bits per heavy atom. The number of aryl methyl sites for hydroxylation is 2. The highest BCUT2D eigenvalue weighted by atomic mass is 32.2. The lowest BCUT2D eigenvalue weighted by molar-refractivity contribution is -0.119. The molecule has 7 nitrogen and oxygen atoms in total. The first kappa shape index (κ1) is 22.3. The van der Waals surface area contributed by atoms with Crippen molar-refractivity contribution in [3.63, 3.8) is 0 Å². The van der Waals surface area contributed by atoms with Gasteiger partial charge in [-0.15, -0.1) is 5.10 Å². The molecule has 0 radical (unpaired) electrons. The third-order valence-electron chi connectivity index (χ3n) is 6.85. The number of carbonyl (C=O) groups excluding carboxylic acids is 1. The normalized spacial score (nSPS) is 19.3. The topological polar surface area (TPSA) is 75.9 Å². The van der Waals surface area contributed by atoms with Gasteiger partial charge in [0.1, 0.15) is 0 Å². The van der Waals surface area contributed by atoms with E-state index in [0.717, 1.165) is 23.4 Å². The monoisotopic (exact) mass is 442 g/mol. The largest absolute Gasteiger partial charge is 0.354 e. The van der Waals surface area contributed by atoms with E-state index in [9.17, 15) is 4.79 Å². The molecular weight excluding hydrogens is 408 g/mol. The highest BCUT2D eigenvalue weighted by Crippen LogP contribution is 2.35. The lowest BCUT2D eigenvalue weighted by atomic mass is 9.79. The molecule has 2 fully saturated rings. The minimum atomic E-state index is 0.0583. The van der Waals surface area contributed by atoms with Crippen LogP contribution < -0.4 is 5.32 Å². The number of amides is 1. The lowest BCUT2D eigenvalue weighted by Gasteiger charge is -2.48. The van der Waals surface area contributed by atoms with E-state index in [2.05, 4.69) is 51.7 Å². The molecule has 2 heterocycles. The van der Waals surface area contributed by atoms with E-state index in [-0.39, 0.29) is 11.4 Å². The number of nitrogens with zero attached hydrogens (tertiary/aromatic N) is 5. The number of tetrazole rings is 1. The van der Waals surface area contributed by atoms with Gasteiger partial charge in [-0.3, -0.25) is 9.69 Å². The average Bonchev–Trinajstić information content (AvgIpc) is 3.25. The Balaban J connectivity index is 1.37. The number of rotatable bonds is 7. The SMILES string of the molecule is Cc1cccc(C)c1-n1nnnc1SCC(=O)NCC1(N2CCCCC2)CCCCC1. The van der Waals surface area contributed by atoms with Crippen molar-refractivity contribution in [1.29, 1.82) is 0 Å². The molecule has 2 aliphatic rings. The molecule has 1 aromatic heterocycles. The fourth-order valence-corrected chi connectivity index (χ4v) is 5.88. The minimum Gasteiger partial charge on any atom is -0.354 e. The van der Waals surface area contributed by atoms with Crippen LogP contribution in [0.1, 0.15) is 62.5 Å². The number of likely N-dealkylation sites (tertiary alicyclic amines) is 1. The van der Waals surface area contributed by atoms with Crippen LogP contribution in [0.3, 0.4) is 0 Å². The van der Waals surface area contributed by atoms with E-state index in [0.29, 0.717) is 10.9 Å². The van der Waals surface area contributed by atoms with E-state index in [1.54, 1.807) is 4.68 Å². The van der Waals surface area contributed by atoms with Crippen LogP contribution in [0.4, 0.5) is 0 Å². The maximum Gasteiger partial charge on any atom is 0.230 e. The van der Waals surface area contributed by atoms with Crippen molar-refractivity contribution in [1.82, 2.24) is 30.4 Å². The molecule has 31 heavy (non-hydrogen) atoms. The molecule has 0 spiro atoms. The van der Waals surface area contributed by atoms with Gasteiger partial charge in [0.05, 0.1) is 11.4 Å². The number of nitrogens with one attached hydrogen (secondary N) is 1. The second kappa shape index (κ2) is 10.1. The Kier molecular flexibility index (Phi) is 7.27. The molecule has 8 heteroatoms. The van der Waals surface area contributed by atoms with Gasteiger partial charge in [0.15, 0.2) is 0 Å². The van der Waals surface area contributed by atoms with Gasteiger partial charge in [0.25, 0.3) is 0 Å². The highest BCUT2D eigenvalue weighted by molar-refractivity contribution is 7.99. The Morgan fingerprint density at radius 3 is 2.45 bits per heavy atom. The second-order valence-corrected chi connectivity index (χ2v) is 9.95. The van der Waals surface area contributed by atoms with Crippen LogP contribution >= 0.6 is 11.8 Å². The van der Waals surface area contributed by atoms with Crippen molar-refractivity contribution < 1.29 is 4.79 Å². The second-order valence-electron chi connectivity index (χ2n) is 9.01. The molecule has 168 valence electrons. The van der Waals surface area contributed by atoms with Crippen molar-refractivity contribution in [2.24, 2.45) is 0 Å². The van der Waals surface area contributed by atoms with Crippen LogP contribution in [-0.4, -0.2) is 61.9 Å². The van der Waals surface area contributed by atoms with E-state index < -0.39 is 0 Å². The summed E-state index contributed by atoms with van der Waals surface area (Å²) in [4.78, 5) is 15.4. The number of carbonyl (C=O) groups is 1. The number of hydrogen-bond acceptors (Lipinski definition) is 6. The summed E-state index contributed by atoms with van der Waals surface area (Å²) in [6, 6.07) is 6.13. The maximum atomic E-state index is 12.8. The Morgan fingerprint density at radius 1 is 1.06 bits per heavy atom. The molecule has 0 bridgehead atoms. The molecule has 1 saturated heterocycles. The van der Waals surface area contributed by atoms with Crippen molar-refractivity contribution >= 4 is 17.7 Å². The van der Waals surface area contributed by atoms with Crippen LogP contribution in [0.15, 0.2) is 23.4 Å². The predicted octanol–water partition coefficient (Wildman–Crippen LogP) is 3.68. The fraction of sp³-hybridized carbons (Fsp3) is 0.652. The van der Waals surface area contributed by atoms with Crippen molar-refractivity contribution in [2.45, 2.75) is 75.9 Å². The summed E-state index contributed by atoms with van der Waals surface area (Å²) >= 11 is 1.40. The smallest absolute Gasteiger partial charge is 0.230 e. The quantitative estimate of drug-likeness (QED) is 0.660.